The molecule has 3 N–H and O–H groups in total. The molecule has 0 aliphatic carbocycles. The minimum Gasteiger partial charge on any atom is -0.493 e. The van der Waals surface area contributed by atoms with Gasteiger partial charge in [0.15, 0.2) is 5.96 Å². The molecule has 0 amide bonds. The van der Waals surface area contributed by atoms with E-state index in [4.69, 9.17) is 15.2 Å². The second kappa shape index (κ2) is 9.20. The monoisotopic (exact) mass is 279 g/mol. The van der Waals surface area contributed by atoms with Gasteiger partial charge in [0.25, 0.3) is 0 Å². The zero-order chi connectivity index (χ0) is 14.8. The molecule has 5 heteroatoms. The lowest BCUT2D eigenvalue weighted by Gasteiger charge is -2.11. The van der Waals surface area contributed by atoms with Crippen LogP contribution in [0, 0.1) is 6.92 Å². The molecule has 5 nitrogen and oxygen atoms in total. The van der Waals surface area contributed by atoms with Crippen LogP contribution >= 0.6 is 0 Å². The maximum Gasteiger partial charge on any atom is 0.189 e. The average molecular weight is 279 g/mol. The van der Waals surface area contributed by atoms with E-state index in [1.807, 2.05) is 19.1 Å². The summed E-state index contributed by atoms with van der Waals surface area (Å²) in [5, 5.41) is 2.99. The normalized spacial score (nSPS) is 11.4. The Bertz CT molecular complexity index is 433. The minimum absolute atomic E-state index is 0.420. The Labute approximate surface area is 121 Å². The largest absolute Gasteiger partial charge is 0.493 e. The van der Waals surface area contributed by atoms with Gasteiger partial charge in [-0.2, -0.15) is 0 Å². The van der Waals surface area contributed by atoms with Crippen molar-refractivity contribution in [3.8, 4) is 5.75 Å². The lowest BCUT2D eigenvalue weighted by Crippen LogP contribution is -2.34. The number of aliphatic imine (C=N–C) groups is 1. The van der Waals surface area contributed by atoms with Gasteiger partial charge in [0.2, 0.25) is 0 Å². The van der Waals surface area contributed by atoms with E-state index in [9.17, 15) is 0 Å². The van der Waals surface area contributed by atoms with Gasteiger partial charge in [-0.15, -0.1) is 0 Å². The van der Waals surface area contributed by atoms with Gasteiger partial charge < -0.3 is 20.5 Å². The number of rotatable bonds is 8. The Kier molecular flexibility index (Phi) is 7.50. The Balaban J connectivity index is 2.63. The highest BCUT2D eigenvalue weighted by Gasteiger charge is 2.04. The van der Waals surface area contributed by atoms with Gasteiger partial charge in [0.05, 0.1) is 19.8 Å². The number of nitrogens with two attached hydrogens (primary N) is 1. The predicted molar refractivity (Wildman–Crippen MR) is 82.2 cm³/mol. The van der Waals surface area contributed by atoms with Gasteiger partial charge in [-0.1, -0.05) is 19.1 Å². The van der Waals surface area contributed by atoms with Crippen LogP contribution in [0.25, 0.3) is 0 Å². The molecule has 0 bridgehead atoms. The van der Waals surface area contributed by atoms with Gasteiger partial charge in [-0.05, 0) is 25.0 Å². The van der Waals surface area contributed by atoms with Crippen LogP contribution in [0.2, 0.25) is 0 Å². The second-order valence-corrected chi connectivity index (χ2v) is 4.58. The molecule has 1 aromatic rings. The first-order valence-corrected chi connectivity index (χ1v) is 6.92. The summed E-state index contributed by atoms with van der Waals surface area (Å²) in [7, 11) is 1.65. The van der Waals surface area contributed by atoms with Crippen molar-refractivity contribution >= 4 is 5.96 Å². The number of benzene rings is 1. The number of nitrogens with one attached hydrogen (secondary N) is 1. The van der Waals surface area contributed by atoms with Gasteiger partial charge >= 0.3 is 0 Å². The Morgan fingerprint density at radius 2 is 2.15 bits per heavy atom. The van der Waals surface area contributed by atoms with E-state index in [1.54, 1.807) is 7.11 Å². The molecule has 0 fully saturated rings. The molecule has 0 heterocycles. The Hall–Kier alpha value is -1.75. The number of hydrogen-bond acceptors (Lipinski definition) is 3. The summed E-state index contributed by atoms with van der Waals surface area (Å²) in [6.45, 7) is 6.61. The first-order valence-electron chi connectivity index (χ1n) is 6.92. The van der Waals surface area contributed by atoms with Crippen LogP contribution in [0.4, 0.5) is 0 Å². The number of methoxy groups -OCH3 is 1. The fraction of sp³-hybridized carbons (Fsp3) is 0.533. The molecule has 0 saturated heterocycles. The summed E-state index contributed by atoms with van der Waals surface area (Å²) in [5.74, 6) is 1.31. The lowest BCUT2D eigenvalue weighted by atomic mass is 10.1. The van der Waals surface area contributed by atoms with Crippen molar-refractivity contribution in [2.24, 2.45) is 10.7 Å². The van der Waals surface area contributed by atoms with Gasteiger partial charge in [0, 0.05) is 19.2 Å². The summed E-state index contributed by atoms with van der Waals surface area (Å²) in [6, 6.07) is 6.12. The van der Waals surface area contributed by atoms with Crippen molar-refractivity contribution in [2.75, 3.05) is 26.9 Å². The summed E-state index contributed by atoms with van der Waals surface area (Å²) < 4.78 is 10.7. The van der Waals surface area contributed by atoms with Crippen molar-refractivity contribution < 1.29 is 9.47 Å². The molecule has 1 rings (SSSR count). The molecule has 0 atom stereocenters. The molecule has 112 valence electrons. The van der Waals surface area contributed by atoms with Crippen LogP contribution in [0.5, 0.6) is 5.75 Å². The van der Waals surface area contributed by atoms with E-state index in [1.165, 1.54) is 5.56 Å². The smallest absolute Gasteiger partial charge is 0.189 e. The first-order chi connectivity index (χ1) is 9.67. The van der Waals surface area contributed by atoms with Gasteiger partial charge in [-0.3, -0.25) is 0 Å². The number of hydrogen-bond donors (Lipinski definition) is 2. The molecule has 1 aromatic carbocycles. The van der Waals surface area contributed by atoms with Crippen LogP contribution in [0.15, 0.2) is 23.2 Å². The van der Waals surface area contributed by atoms with Gasteiger partial charge in [0.1, 0.15) is 5.75 Å². The third-order valence-electron chi connectivity index (χ3n) is 2.72. The SMILES string of the molecule is CCCOc1cc(C)ccc1CN=C(N)NCCOC. The number of guanidine groups is 1. The van der Waals surface area contributed by atoms with Crippen molar-refractivity contribution in [1.82, 2.24) is 5.32 Å². The molecule has 20 heavy (non-hydrogen) atoms. The maximum absolute atomic E-state index is 5.78. The second-order valence-electron chi connectivity index (χ2n) is 4.58. The zero-order valence-electron chi connectivity index (χ0n) is 12.6. The van der Waals surface area contributed by atoms with Gasteiger partial charge in [-0.25, -0.2) is 4.99 Å². The molecule has 0 aromatic heterocycles. The Morgan fingerprint density at radius 3 is 2.85 bits per heavy atom. The highest BCUT2D eigenvalue weighted by molar-refractivity contribution is 5.77. The lowest BCUT2D eigenvalue weighted by molar-refractivity contribution is 0.204. The van der Waals surface area contributed by atoms with Crippen molar-refractivity contribution in [3.05, 3.63) is 29.3 Å². The summed E-state index contributed by atoms with van der Waals surface area (Å²) in [4.78, 5) is 4.31. The quantitative estimate of drug-likeness (QED) is 0.433. The van der Waals surface area contributed by atoms with E-state index in [-0.39, 0.29) is 0 Å². The summed E-state index contributed by atoms with van der Waals surface area (Å²) in [5.41, 5.74) is 8.00. The third-order valence-corrected chi connectivity index (χ3v) is 2.72. The van der Waals surface area contributed by atoms with E-state index >= 15 is 0 Å². The molecular weight excluding hydrogens is 254 g/mol. The van der Waals surface area contributed by atoms with Crippen LogP contribution in [0.3, 0.4) is 0 Å². The van der Waals surface area contributed by atoms with Crippen LogP contribution in [-0.4, -0.2) is 32.8 Å². The van der Waals surface area contributed by atoms with Crippen molar-refractivity contribution in [1.29, 1.82) is 0 Å². The molecular formula is C15H25N3O2. The molecule has 0 aliphatic rings. The maximum atomic E-state index is 5.78. The molecule has 0 spiro atoms. The zero-order valence-corrected chi connectivity index (χ0v) is 12.6. The molecule has 0 radical (unpaired) electrons. The number of nitrogens with zero attached hydrogens (tertiary/aromatic N) is 1. The fourth-order valence-electron chi connectivity index (χ4n) is 1.65. The van der Waals surface area contributed by atoms with Crippen molar-refractivity contribution in [3.63, 3.8) is 0 Å². The fourth-order valence-corrected chi connectivity index (χ4v) is 1.65. The van der Waals surface area contributed by atoms with Crippen LogP contribution in [0.1, 0.15) is 24.5 Å². The standard InChI is InChI=1S/C15H25N3O2/c1-4-8-20-14-10-12(2)5-6-13(14)11-18-15(16)17-7-9-19-3/h5-6,10H,4,7-9,11H2,1-3H3,(H3,16,17,18). The van der Waals surface area contributed by atoms with E-state index in [0.717, 1.165) is 17.7 Å². The highest BCUT2D eigenvalue weighted by Crippen LogP contribution is 2.21. The molecule has 0 unspecified atom stereocenters. The predicted octanol–water partition coefficient (Wildman–Crippen LogP) is 1.83. The van der Waals surface area contributed by atoms with E-state index < -0.39 is 0 Å². The summed E-state index contributed by atoms with van der Waals surface area (Å²) in [6.07, 6.45) is 0.983. The van der Waals surface area contributed by atoms with Crippen LogP contribution in [-0.2, 0) is 11.3 Å². The topological polar surface area (TPSA) is 68.9 Å². The molecule has 0 saturated carbocycles. The van der Waals surface area contributed by atoms with E-state index in [0.29, 0.717) is 32.3 Å². The number of aryl methyl sites for hydroxylation is 1. The number of ether oxygens (including phenoxy) is 2. The third kappa shape index (κ3) is 5.93. The average Bonchev–Trinajstić information content (AvgIpc) is 2.44. The summed E-state index contributed by atoms with van der Waals surface area (Å²) >= 11 is 0. The first kappa shape index (κ1) is 16.3. The minimum atomic E-state index is 0.420. The highest BCUT2D eigenvalue weighted by atomic mass is 16.5. The molecule has 0 aliphatic heterocycles. The van der Waals surface area contributed by atoms with Crippen molar-refractivity contribution in [2.45, 2.75) is 26.8 Å². The van der Waals surface area contributed by atoms with E-state index in [2.05, 4.69) is 23.3 Å². The Morgan fingerprint density at radius 1 is 1.35 bits per heavy atom. The van der Waals surface area contributed by atoms with Crippen LogP contribution < -0.4 is 15.8 Å².